The first-order valence-electron chi connectivity index (χ1n) is 3.89. The van der Waals surface area contributed by atoms with Crippen LogP contribution < -0.4 is 11.1 Å². The van der Waals surface area contributed by atoms with Gasteiger partial charge in [0, 0.05) is 23.3 Å². The molecule has 3 nitrogen and oxygen atoms in total. The van der Waals surface area contributed by atoms with E-state index in [2.05, 4.69) is 5.32 Å². The van der Waals surface area contributed by atoms with E-state index < -0.39 is 0 Å². The molecule has 2 heterocycles. The number of carbonyl (C=O) groups is 1. The number of fused-ring (bicyclic) bond motifs is 1. The predicted octanol–water partition coefficient (Wildman–Crippen LogP) is 0.493. The second-order valence-electron chi connectivity index (χ2n) is 2.84. The van der Waals surface area contributed by atoms with E-state index in [1.807, 2.05) is 5.38 Å². The Hall–Kier alpha value is -0.870. The molecule has 0 bridgehead atoms. The highest BCUT2D eigenvalue weighted by molar-refractivity contribution is 7.10. The smallest absolute Gasteiger partial charge is 0.249 e. The normalized spacial score (nSPS) is 15.7. The summed E-state index contributed by atoms with van der Waals surface area (Å²) in [6, 6.07) is 0. The highest BCUT2D eigenvalue weighted by Crippen LogP contribution is 2.24. The van der Waals surface area contributed by atoms with Crippen LogP contribution in [0.25, 0.3) is 0 Å². The molecule has 0 aliphatic carbocycles. The van der Waals surface area contributed by atoms with E-state index in [9.17, 15) is 4.79 Å². The largest absolute Gasteiger partial charge is 0.366 e. The van der Waals surface area contributed by atoms with Crippen LogP contribution in [-0.2, 0) is 13.0 Å². The number of thiophene rings is 1. The molecule has 1 aliphatic rings. The predicted molar refractivity (Wildman–Crippen MR) is 48.2 cm³/mol. The number of carbonyl (C=O) groups excluding carboxylic acids is 1. The molecule has 0 atom stereocenters. The Bertz CT molecular complexity index is 319. The minimum atomic E-state index is -0.309. The molecule has 0 fully saturated rings. The van der Waals surface area contributed by atoms with Crippen LogP contribution in [0.4, 0.5) is 0 Å². The Morgan fingerprint density at radius 2 is 2.50 bits per heavy atom. The van der Waals surface area contributed by atoms with Crippen LogP contribution in [0.1, 0.15) is 20.8 Å². The molecule has 1 amide bonds. The summed E-state index contributed by atoms with van der Waals surface area (Å²) < 4.78 is 0. The van der Waals surface area contributed by atoms with Gasteiger partial charge in [-0.25, -0.2) is 0 Å². The van der Waals surface area contributed by atoms with Crippen LogP contribution >= 0.6 is 11.3 Å². The highest BCUT2D eigenvalue weighted by atomic mass is 32.1. The summed E-state index contributed by atoms with van der Waals surface area (Å²) in [4.78, 5) is 12.2. The molecule has 2 rings (SSSR count). The minimum Gasteiger partial charge on any atom is -0.366 e. The summed E-state index contributed by atoms with van der Waals surface area (Å²) in [6.45, 7) is 1.79. The lowest BCUT2D eigenvalue weighted by molar-refractivity contribution is 0.0999. The standard InChI is InChI=1S/C8H10N2OS/c9-8(11)6-4-12-7-1-2-10-3-5(6)7/h4,10H,1-3H2,(H2,9,11). The van der Waals surface area contributed by atoms with Gasteiger partial charge in [-0.3, -0.25) is 4.79 Å². The summed E-state index contributed by atoms with van der Waals surface area (Å²) in [5.41, 5.74) is 7.03. The zero-order valence-corrected chi connectivity index (χ0v) is 7.41. The first kappa shape index (κ1) is 7.76. The van der Waals surface area contributed by atoms with Crippen molar-refractivity contribution in [3.63, 3.8) is 0 Å². The van der Waals surface area contributed by atoms with E-state index in [1.54, 1.807) is 11.3 Å². The molecule has 0 unspecified atom stereocenters. The Morgan fingerprint density at radius 1 is 1.67 bits per heavy atom. The molecule has 4 heteroatoms. The molecular formula is C8H10N2OS. The summed E-state index contributed by atoms with van der Waals surface area (Å²) in [5.74, 6) is -0.309. The monoisotopic (exact) mass is 182 g/mol. The van der Waals surface area contributed by atoms with Gasteiger partial charge in [0.15, 0.2) is 0 Å². The Balaban J connectivity index is 2.44. The van der Waals surface area contributed by atoms with Crippen molar-refractivity contribution in [1.29, 1.82) is 0 Å². The molecule has 3 N–H and O–H groups in total. The minimum absolute atomic E-state index is 0.309. The highest BCUT2D eigenvalue weighted by Gasteiger charge is 2.17. The fourth-order valence-electron chi connectivity index (χ4n) is 1.45. The van der Waals surface area contributed by atoms with Crippen molar-refractivity contribution in [3.8, 4) is 0 Å². The van der Waals surface area contributed by atoms with Crippen molar-refractivity contribution in [2.24, 2.45) is 5.73 Å². The summed E-state index contributed by atoms with van der Waals surface area (Å²) in [6.07, 6.45) is 1.02. The topological polar surface area (TPSA) is 55.1 Å². The fourth-order valence-corrected chi connectivity index (χ4v) is 2.51. The van der Waals surface area contributed by atoms with E-state index in [4.69, 9.17) is 5.73 Å². The van der Waals surface area contributed by atoms with Gasteiger partial charge in [0.05, 0.1) is 5.56 Å². The van der Waals surface area contributed by atoms with E-state index in [1.165, 1.54) is 4.88 Å². The average Bonchev–Trinajstić information content (AvgIpc) is 2.47. The Kier molecular flexibility index (Phi) is 1.86. The van der Waals surface area contributed by atoms with Gasteiger partial charge < -0.3 is 11.1 Å². The van der Waals surface area contributed by atoms with Gasteiger partial charge in [0.1, 0.15) is 0 Å². The van der Waals surface area contributed by atoms with Crippen LogP contribution in [0.5, 0.6) is 0 Å². The van der Waals surface area contributed by atoms with Crippen LogP contribution in [0.15, 0.2) is 5.38 Å². The lowest BCUT2D eigenvalue weighted by Gasteiger charge is -2.12. The van der Waals surface area contributed by atoms with Crippen molar-refractivity contribution in [2.75, 3.05) is 6.54 Å². The zero-order chi connectivity index (χ0) is 8.55. The second-order valence-corrected chi connectivity index (χ2v) is 3.81. The number of hydrogen-bond acceptors (Lipinski definition) is 3. The Morgan fingerprint density at radius 3 is 3.25 bits per heavy atom. The van der Waals surface area contributed by atoms with E-state index in [0.717, 1.165) is 25.1 Å². The second kappa shape index (κ2) is 2.88. The van der Waals surface area contributed by atoms with Crippen LogP contribution in [0, 0.1) is 0 Å². The van der Waals surface area contributed by atoms with Crippen LogP contribution in [0.3, 0.4) is 0 Å². The van der Waals surface area contributed by atoms with Gasteiger partial charge in [-0.15, -0.1) is 11.3 Å². The lowest BCUT2D eigenvalue weighted by atomic mass is 10.1. The number of rotatable bonds is 1. The third-order valence-electron chi connectivity index (χ3n) is 2.08. The van der Waals surface area contributed by atoms with Crippen molar-refractivity contribution >= 4 is 17.2 Å². The van der Waals surface area contributed by atoms with Gasteiger partial charge in [-0.05, 0) is 12.0 Å². The number of primary amides is 1. The van der Waals surface area contributed by atoms with Crippen molar-refractivity contribution < 1.29 is 4.79 Å². The zero-order valence-electron chi connectivity index (χ0n) is 6.59. The molecule has 64 valence electrons. The number of nitrogens with one attached hydrogen (secondary N) is 1. The SMILES string of the molecule is NC(=O)c1csc2c1CNCC2. The van der Waals surface area contributed by atoms with Crippen molar-refractivity contribution in [3.05, 3.63) is 21.4 Å². The maximum absolute atomic E-state index is 10.9. The Labute approximate surface area is 74.6 Å². The van der Waals surface area contributed by atoms with Crippen LogP contribution in [0.2, 0.25) is 0 Å². The third-order valence-corrected chi connectivity index (χ3v) is 3.17. The van der Waals surface area contributed by atoms with Gasteiger partial charge in [0.2, 0.25) is 5.91 Å². The van der Waals surface area contributed by atoms with Crippen molar-refractivity contribution in [1.82, 2.24) is 5.32 Å². The summed E-state index contributed by atoms with van der Waals surface area (Å²) in [7, 11) is 0. The molecular weight excluding hydrogens is 172 g/mol. The molecule has 1 aromatic rings. The summed E-state index contributed by atoms with van der Waals surface area (Å²) >= 11 is 1.64. The first-order valence-corrected chi connectivity index (χ1v) is 4.77. The maximum atomic E-state index is 10.9. The first-order chi connectivity index (χ1) is 5.79. The molecule has 1 aromatic heterocycles. The van der Waals surface area contributed by atoms with Gasteiger partial charge in [-0.2, -0.15) is 0 Å². The molecule has 1 aliphatic heterocycles. The third kappa shape index (κ3) is 1.13. The van der Waals surface area contributed by atoms with Gasteiger partial charge >= 0.3 is 0 Å². The number of amides is 1. The van der Waals surface area contributed by atoms with E-state index >= 15 is 0 Å². The van der Waals surface area contributed by atoms with E-state index in [-0.39, 0.29) is 5.91 Å². The molecule has 0 spiro atoms. The van der Waals surface area contributed by atoms with Crippen molar-refractivity contribution in [2.45, 2.75) is 13.0 Å². The molecule has 0 saturated heterocycles. The molecule has 12 heavy (non-hydrogen) atoms. The molecule has 0 radical (unpaired) electrons. The lowest BCUT2D eigenvalue weighted by Crippen LogP contribution is -2.24. The molecule has 0 saturated carbocycles. The number of hydrogen-bond donors (Lipinski definition) is 2. The van der Waals surface area contributed by atoms with Gasteiger partial charge in [0.25, 0.3) is 0 Å². The summed E-state index contributed by atoms with van der Waals surface area (Å²) in [5, 5.41) is 5.08. The van der Waals surface area contributed by atoms with Gasteiger partial charge in [-0.1, -0.05) is 0 Å². The average molecular weight is 182 g/mol. The maximum Gasteiger partial charge on any atom is 0.249 e. The van der Waals surface area contributed by atoms with Crippen LogP contribution in [-0.4, -0.2) is 12.5 Å². The molecule has 0 aromatic carbocycles. The quantitative estimate of drug-likeness (QED) is 0.664. The number of nitrogens with two attached hydrogens (primary N) is 1. The van der Waals surface area contributed by atoms with E-state index in [0.29, 0.717) is 5.56 Å². The fraction of sp³-hybridized carbons (Fsp3) is 0.375.